The Morgan fingerprint density at radius 1 is 1.24 bits per heavy atom. The molecule has 0 unspecified atom stereocenters. The SMILES string of the molecule is CC(C)(O)CC1CCN(C(=O)c2cc3cc(C(=O)O)ccc3[nH]2)CC1. The number of aliphatic hydroxyl groups is 1. The molecule has 25 heavy (non-hydrogen) atoms. The van der Waals surface area contributed by atoms with Crippen molar-refractivity contribution in [2.24, 2.45) is 5.92 Å². The molecule has 0 aliphatic carbocycles. The number of carboxylic acid groups (broad SMARTS) is 1. The number of carbonyl (C=O) groups excluding carboxylic acids is 1. The van der Waals surface area contributed by atoms with Crippen molar-refractivity contribution >= 4 is 22.8 Å². The van der Waals surface area contributed by atoms with Gasteiger partial charge in [0, 0.05) is 24.0 Å². The molecule has 2 heterocycles. The summed E-state index contributed by atoms with van der Waals surface area (Å²) in [4.78, 5) is 28.7. The second kappa shape index (κ2) is 6.52. The van der Waals surface area contributed by atoms with Crippen LogP contribution in [0.4, 0.5) is 0 Å². The molecule has 1 aliphatic rings. The Kier molecular flexibility index (Phi) is 4.56. The number of carboxylic acids is 1. The van der Waals surface area contributed by atoms with Gasteiger partial charge in [0.05, 0.1) is 11.2 Å². The number of carbonyl (C=O) groups is 2. The number of piperidine rings is 1. The Morgan fingerprint density at radius 3 is 2.52 bits per heavy atom. The van der Waals surface area contributed by atoms with Gasteiger partial charge in [0.25, 0.3) is 5.91 Å². The molecule has 0 bridgehead atoms. The first kappa shape index (κ1) is 17.5. The number of aromatic amines is 1. The van der Waals surface area contributed by atoms with Crippen molar-refractivity contribution in [1.82, 2.24) is 9.88 Å². The van der Waals surface area contributed by atoms with Gasteiger partial charge in [-0.05, 0) is 63.3 Å². The van der Waals surface area contributed by atoms with E-state index < -0.39 is 11.6 Å². The van der Waals surface area contributed by atoms with Crippen LogP contribution in [0.1, 0.15) is 54.0 Å². The monoisotopic (exact) mass is 344 g/mol. The van der Waals surface area contributed by atoms with Gasteiger partial charge in [-0.3, -0.25) is 4.79 Å². The number of aromatic nitrogens is 1. The van der Waals surface area contributed by atoms with Crippen molar-refractivity contribution in [1.29, 1.82) is 0 Å². The lowest BCUT2D eigenvalue weighted by molar-refractivity contribution is 0.0356. The molecular formula is C19H24N2O4. The molecule has 3 N–H and O–H groups in total. The molecule has 6 nitrogen and oxygen atoms in total. The van der Waals surface area contributed by atoms with Gasteiger partial charge in [-0.15, -0.1) is 0 Å². The highest BCUT2D eigenvalue weighted by Gasteiger charge is 2.28. The predicted octanol–water partition coefficient (Wildman–Crippen LogP) is 2.88. The summed E-state index contributed by atoms with van der Waals surface area (Å²) in [5, 5.41) is 19.7. The maximum atomic E-state index is 12.7. The minimum Gasteiger partial charge on any atom is -0.478 e. The fourth-order valence-corrected chi connectivity index (χ4v) is 3.60. The highest BCUT2D eigenvalue weighted by Crippen LogP contribution is 2.27. The quantitative estimate of drug-likeness (QED) is 0.795. The van der Waals surface area contributed by atoms with Crippen LogP contribution in [0.3, 0.4) is 0 Å². The molecule has 1 saturated heterocycles. The summed E-state index contributed by atoms with van der Waals surface area (Å²) in [5.41, 5.74) is 0.775. The lowest BCUT2D eigenvalue weighted by Gasteiger charge is -2.34. The molecule has 1 aliphatic heterocycles. The third-order valence-corrected chi connectivity index (χ3v) is 4.79. The number of fused-ring (bicyclic) bond motifs is 1. The normalized spacial score (nSPS) is 16.4. The summed E-state index contributed by atoms with van der Waals surface area (Å²) in [7, 11) is 0. The number of amides is 1. The topological polar surface area (TPSA) is 93.6 Å². The van der Waals surface area contributed by atoms with E-state index in [1.807, 2.05) is 18.7 Å². The number of H-pyrrole nitrogens is 1. The molecule has 1 amide bonds. The van der Waals surface area contributed by atoms with Crippen LogP contribution in [0.25, 0.3) is 10.9 Å². The van der Waals surface area contributed by atoms with Crippen LogP contribution in [0.15, 0.2) is 24.3 Å². The smallest absolute Gasteiger partial charge is 0.335 e. The lowest BCUT2D eigenvalue weighted by atomic mass is 9.86. The van der Waals surface area contributed by atoms with Crippen molar-refractivity contribution in [3.8, 4) is 0 Å². The fourth-order valence-electron chi connectivity index (χ4n) is 3.60. The molecular weight excluding hydrogens is 320 g/mol. The zero-order valence-corrected chi connectivity index (χ0v) is 14.6. The Morgan fingerprint density at radius 2 is 1.92 bits per heavy atom. The van der Waals surface area contributed by atoms with Gasteiger partial charge in [-0.1, -0.05) is 0 Å². The van der Waals surface area contributed by atoms with Gasteiger partial charge in [0.15, 0.2) is 0 Å². The first-order chi connectivity index (χ1) is 11.7. The van der Waals surface area contributed by atoms with Crippen molar-refractivity contribution in [2.45, 2.75) is 38.7 Å². The van der Waals surface area contributed by atoms with Crippen LogP contribution in [0.2, 0.25) is 0 Å². The average molecular weight is 344 g/mol. The summed E-state index contributed by atoms with van der Waals surface area (Å²) in [6.45, 7) is 4.99. The summed E-state index contributed by atoms with van der Waals surface area (Å²) < 4.78 is 0. The second-order valence-electron chi connectivity index (χ2n) is 7.54. The highest BCUT2D eigenvalue weighted by molar-refractivity contribution is 6.00. The van der Waals surface area contributed by atoms with E-state index in [2.05, 4.69) is 4.98 Å². The summed E-state index contributed by atoms with van der Waals surface area (Å²) >= 11 is 0. The number of nitrogens with one attached hydrogen (secondary N) is 1. The summed E-state index contributed by atoms with van der Waals surface area (Å²) in [6, 6.07) is 6.50. The van der Waals surface area contributed by atoms with E-state index in [0.29, 0.717) is 24.7 Å². The summed E-state index contributed by atoms with van der Waals surface area (Å²) in [5.74, 6) is -0.607. The van der Waals surface area contributed by atoms with E-state index in [9.17, 15) is 14.7 Å². The first-order valence-corrected chi connectivity index (χ1v) is 8.61. The number of likely N-dealkylation sites (tertiary alicyclic amines) is 1. The molecule has 134 valence electrons. The van der Waals surface area contributed by atoms with Crippen LogP contribution in [-0.2, 0) is 0 Å². The van der Waals surface area contributed by atoms with E-state index in [0.717, 1.165) is 30.2 Å². The highest BCUT2D eigenvalue weighted by atomic mass is 16.4. The van der Waals surface area contributed by atoms with Crippen LogP contribution in [-0.4, -0.2) is 50.7 Å². The number of benzene rings is 1. The number of hydrogen-bond acceptors (Lipinski definition) is 3. The van der Waals surface area contributed by atoms with Crippen LogP contribution in [0.5, 0.6) is 0 Å². The minimum atomic E-state index is -0.982. The molecule has 3 rings (SSSR count). The largest absolute Gasteiger partial charge is 0.478 e. The van der Waals surface area contributed by atoms with Crippen LogP contribution < -0.4 is 0 Å². The Hall–Kier alpha value is -2.34. The third kappa shape index (κ3) is 4.02. The van der Waals surface area contributed by atoms with E-state index in [4.69, 9.17) is 5.11 Å². The second-order valence-corrected chi connectivity index (χ2v) is 7.54. The number of nitrogens with zero attached hydrogens (tertiary/aromatic N) is 1. The van der Waals surface area contributed by atoms with Crippen molar-refractivity contribution < 1.29 is 19.8 Å². The fraction of sp³-hybridized carbons (Fsp3) is 0.474. The molecule has 0 saturated carbocycles. The van der Waals surface area contributed by atoms with Gasteiger partial charge in [0.2, 0.25) is 0 Å². The summed E-state index contributed by atoms with van der Waals surface area (Å²) in [6.07, 6.45) is 2.53. The van der Waals surface area contributed by atoms with E-state index in [1.165, 1.54) is 6.07 Å². The maximum Gasteiger partial charge on any atom is 0.335 e. The molecule has 1 aromatic heterocycles. The van der Waals surface area contributed by atoms with Gasteiger partial charge in [-0.2, -0.15) is 0 Å². The zero-order valence-electron chi connectivity index (χ0n) is 14.6. The minimum absolute atomic E-state index is 0.0604. The molecule has 0 spiro atoms. The molecule has 1 aromatic carbocycles. The van der Waals surface area contributed by atoms with Gasteiger partial charge in [-0.25, -0.2) is 4.79 Å². The van der Waals surface area contributed by atoms with Gasteiger partial charge in [0.1, 0.15) is 5.69 Å². The van der Waals surface area contributed by atoms with Crippen molar-refractivity contribution in [3.63, 3.8) is 0 Å². The van der Waals surface area contributed by atoms with E-state index in [-0.39, 0.29) is 11.5 Å². The number of rotatable bonds is 4. The van der Waals surface area contributed by atoms with Gasteiger partial charge >= 0.3 is 5.97 Å². The van der Waals surface area contributed by atoms with Crippen molar-refractivity contribution in [2.75, 3.05) is 13.1 Å². The van der Waals surface area contributed by atoms with Crippen LogP contribution >= 0.6 is 0 Å². The Labute approximate surface area is 146 Å². The Balaban J connectivity index is 1.69. The lowest BCUT2D eigenvalue weighted by Crippen LogP contribution is -2.40. The van der Waals surface area contributed by atoms with E-state index in [1.54, 1.807) is 18.2 Å². The van der Waals surface area contributed by atoms with Crippen LogP contribution in [0, 0.1) is 5.92 Å². The van der Waals surface area contributed by atoms with Crippen molar-refractivity contribution in [3.05, 3.63) is 35.5 Å². The Bertz CT molecular complexity index is 795. The first-order valence-electron chi connectivity index (χ1n) is 8.61. The molecule has 2 aromatic rings. The average Bonchev–Trinajstić information content (AvgIpc) is 2.96. The number of hydrogen-bond donors (Lipinski definition) is 3. The molecule has 6 heteroatoms. The predicted molar refractivity (Wildman–Crippen MR) is 94.8 cm³/mol. The molecule has 0 radical (unpaired) electrons. The molecule has 0 atom stereocenters. The number of aromatic carboxylic acids is 1. The van der Waals surface area contributed by atoms with Gasteiger partial charge < -0.3 is 20.1 Å². The third-order valence-electron chi connectivity index (χ3n) is 4.79. The standard InChI is InChI=1S/C19H24N2O4/c1-19(2,25)11-12-5-7-21(8-6-12)17(22)16-10-14-9-13(18(23)24)3-4-15(14)20-16/h3-4,9-10,12,20,25H,5-8,11H2,1-2H3,(H,23,24). The van der Waals surface area contributed by atoms with E-state index >= 15 is 0 Å². The molecule has 1 fully saturated rings. The maximum absolute atomic E-state index is 12.7. The zero-order chi connectivity index (χ0) is 18.2.